The quantitative estimate of drug-likeness (QED) is 0.483. The van der Waals surface area contributed by atoms with Gasteiger partial charge in [0.2, 0.25) is 0 Å². The van der Waals surface area contributed by atoms with Gasteiger partial charge >= 0.3 is 19.7 Å². The van der Waals surface area contributed by atoms with Crippen molar-refractivity contribution in [1.29, 1.82) is 0 Å². The lowest BCUT2D eigenvalue weighted by molar-refractivity contribution is 0.101. The molecule has 0 saturated carbocycles. The Kier molecular flexibility index (Phi) is 9.79. The smallest absolute Gasteiger partial charge is 0.524 e. The van der Waals surface area contributed by atoms with Gasteiger partial charge in [0, 0.05) is 0 Å². The number of hydrogen-bond donors (Lipinski definition) is 0. The molecule has 0 amide bonds. The van der Waals surface area contributed by atoms with E-state index in [0.29, 0.717) is 11.5 Å². The number of ether oxygens (including phenoxy) is 4. The average Bonchev–Trinajstić information content (AvgIpc) is 2.60. The Labute approximate surface area is 214 Å². The molecule has 0 spiro atoms. The standard InChI is InChI=1S/C24H39BN4O6.H2O/c1-21(2,3)30-17-15(13-26-19(28-17)32-23(7,8)9)34-25-35-16-14-27-20(33-24(10,11)12)29-18(16)31-22(4,5)6;/h13-14,25H,1-12H3;1H2. The van der Waals surface area contributed by atoms with E-state index in [9.17, 15) is 0 Å². The van der Waals surface area contributed by atoms with Gasteiger partial charge in [-0.15, -0.1) is 0 Å². The maximum atomic E-state index is 5.96. The number of nitrogens with zero attached hydrogens (tertiary/aromatic N) is 4. The molecule has 0 aliphatic carbocycles. The van der Waals surface area contributed by atoms with Gasteiger partial charge in [0.1, 0.15) is 22.4 Å². The summed E-state index contributed by atoms with van der Waals surface area (Å²) < 4.78 is 35.0. The zero-order valence-corrected chi connectivity index (χ0v) is 23.6. The van der Waals surface area contributed by atoms with E-state index in [1.165, 1.54) is 12.4 Å². The Balaban J connectivity index is 0.00000648. The van der Waals surface area contributed by atoms with Gasteiger partial charge < -0.3 is 33.7 Å². The third-order valence-electron chi connectivity index (χ3n) is 3.43. The van der Waals surface area contributed by atoms with Crippen molar-refractivity contribution in [3.05, 3.63) is 12.4 Å². The van der Waals surface area contributed by atoms with Crippen molar-refractivity contribution in [3.63, 3.8) is 0 Å². The molecule has 36 heavy (non-hydrogen) atoms. The molecular formula is C24H41BN4O7. The van der Waals surface area contributed by atoms with E-state index in [-0.39, 0.29) is 36.9 Å². The molecule has 0 atom stereocenters. The highest BCUT2D eigenvalue weighted by atomic mass is 16.6. The maximum Gasteiger partial charge on any atom is 0.576 e. The van der Waals surface area contributed by atoms with Crippen molar-refractivity contribution in [2.75, 3.05) is 0 Å². The van der Waals surface area contributed by atoms with Crippen molar-refractivity contribution < 1.29 is 33.7 Å². The molecule has 2 rings (SSSR count). The first-order chi connectivity index (χ1) is 15.8. The zero-order chi connectivity index (χ0) is 26.7. The Morgan fingerprint density at radius 3 is 1.11 bits per heavy atom. The molecule has 2 heterocycles. The van der Waals surface area contributed by atoms with E-state index >= 15 is 0 Å². The van der Waals surface area contributed by atoms with Gasteiger partial charge in [-0.3, -0.25) is 0 Å². The van der Waals surface area contributed by atoms with Crippen molar-refractivity contribution in [1.82, 2.24) is 19.9 Å². The lowest BCUT2D eigenvalue weighted by atomic mass is 10.2. The fourth-order valence-electron chi connectivity index (χ4n) is 2.41. The topological polar surface area (TPSA) is 138 Å². The van der Waals surface area contributed by atoms with Gasteiger partial charge in [0.15, 0.2) is 11.5 Å². The van der Waals surface area contributed by atoms with Crippen LogP contribution in [0.2, 0.25) is 0 Å². The lowest BCUT2D eigenvalue weighted by Crippen LogP contribution is -2.27. The Hall–Kier alpha value is -3.02. The summed E-state index contributed by atoms with van der Waals surface area (Å²) in [5.41, 5.74) is -1.96. The molecule has 202 valence electrons. The normalized spacial score (nSPS) is 12.2. The van der Waals surface area contributed by atoms with E-state index in [1.54, 1.807) is 0 Å². The molecule has 2 N–H and O–H groups in total. The average molecular weight is 508 g/mol. The number of aromatic nitrogens is 4. The summed E-state index contributed by atoms with van der Waals surface area (Å²) in [5, 5.41) is 0. The van der Waals surface area contributed by atoms with Gasteiger partial charge in [0.05, 0.1) is 12.4 Å². The summed E-state index contributed by atoms with van der Waals surface area (Å²) in [6.45, 7) is 22.9. The van der Waals surface area contributed by atoms with Crippen LogP contribution in [0.5, 0.6) is 35.3 Å². The van der Waals surface area contributed by atoms with E-state index in [4.69, 9.17) is 28.3 Å². The van der Waals surface area contributed by atoms with Gasteiger partial charge in [-0.05, 0) is 83.1 Å². The molecule has 0 aliphatic rings. The predicted molar refractivity (Wildman–Crippen MR) is 138 cm³/mol. The minimum atomic E-state index is -0.517. The Morgan fingerprint density at radius 2 is 0.833 bits per heavy atom. The summed E-state index contributed by atoms with van der Waals surface area (Å²) in [6.07, 6.45) is 2.98. The second-order valence-corrected chi connectivity index (χ2v) is 11.9. The third-order valence-corrected chi connectivity index (χ3v) is 3.43. The van der Waals surface area contributed by atoms with Crippen LogP contribution < -0.4 is 28.3 Å². The van der Waals surface area contributed by atoms with Gasteiger partial charge in [-0.25, -0.2) is 0 Å². The number of rotatable bonds is 8. The SMILES string of the molecule is CC(C)(C)Oc1ncc(OBOc2cnc(OC(C)(C)C)nc2OC(C)(C)C)c(OC(C)(C)C)n1.O. The van der Waals surface area contributed by atoms with Crippen LogP contribution in [-0.4, -0.2) is 55.5 Å². The van der Waals surface area contributed by atoms with Crippen LogP contribution in [0.25, 0.3) is 0 Å². The molecule has 0 radical (unpaired) electrons. The Bertz CT molecular complexity index is 914. The molecule has 0 aliphatic heterocycles. The second-order valence-electron chi connectivity index (χ2n) is 11.9. The van der Waals surface area contributed by atoms with Crippen LogP contribution >= 0.6 is 0 Å². The molecule has 0 fully saturated rings. The third kappa shape index (κ3) is 11.6. The Morgan fingerprint density at radius 1 is 0.528 bits per heavy atom. The largest absolute Gasteiger partial charge is 0.576 e. The van der Waals surface area contributed by atoms with Crippen LogP contribution in [-0.2, 0) is 0 Å². The van der Waals surface area contributed by atoms with Crippen LogP contribution in [0.15, 0.2) is 12.4 Å². The van der Waals surface area contributed by atoms with Crippen molar-refractivity contribution in [3.8, 4) is 35.3 Å². The molecule has 0 saturated heterocycles. The summed E-state index contributed by atoms with van der Waals surface area (Å²) in [5.74, 6) is 1.08. The van der Waals surface area contributed by atoms with Gasteiger partial charge in [-0.1, -0.05) is 0 Å². The molecule has 0 aromatic carbocycles. The highest BCUT2D eigenvalue weighted by Crippen LogP contribution is 2.32. The highest BCUT2D eigenvalue weighted by Gasteiger charge is 2.24. The van der Waals surface area contributed by atoms with E-state index < -0.39 is 22.4 Å². The monoisotopic (exact) mass is 508 g/mol. The minimum Gasteiger partial charge on any atom is -0.524 e. The predicted octanol–water partition coefficient (Wildman–Crippen LogP) is 3.88. The highest BCUT2D eigenvalue weighted by molar-refractivity contribution is 6.20. The van der Waals surface area contributed by atoms with Gasteiger partial charge in [-0.2, -0.15) is 19.9 Å². The number of hydrogen-bond acceptors (Lipinski definition) is 10. The zero-order valence-electron chi connectivity index (χ0n) is 23.6. The fraction of sp³-hybridized carbons (Fsp3) is 0.667. The summed E-state index contributed by atoms with van der Waals surface area (Å²) in [7, 11) is -0.188. The van der Waals surface area contributed by atoms with Crippen LogP contribution in [0.4, 0.5) is 0 Å². The minimum absolute atomic E-state index is 0. The van der Waals surface area contributed by atoms with Crippen LogP contribution in [0.3, 0.4) is 0 Å². The lowest BCUT2D eigenvalue weighted by Gasteiger charge is -2.24. The summed E-state index contributed by atoms with van der Waals surface area (Å²) in [4.78, 5) is 17.2. The van der Waals surface area contributed by atoms with E-state index in [0.717, 1.165) is 0 Å². The molecular weight excluding hydrogens is 467 g/mol. The molecule has 12 heteroatoms. The molecule has 11 nitrogen and oxygen atoms in total. The first-order valence-corrected chi connectivity index (χ1v) is 11.6. The molecule has 0 bridgehead atoms. The molecule has 2 aromatic rings. The summed E-state index contributed by atoms with van der Waals surface area (Å²) >= 11 is 0. The van der Waals surface area contributed by atoms with Gasteiger partial charge in [0.25, 0.3) is 11.8 Å². The molecule has 2 aromatic heterocycles. The molecule has 0 unspecified atom stereocenters. The van der Waals surface area contributed by atoms with E-state index in [2.05, 4.69) is 19.9 Å². The van der Waals surface area contributed by atoms with Crippen LogP contribution in [0, 0.1) is 0 Å². The van der Waals surface area contributed by atoms with Crippen molar-refractivity contribution in [2.24, 2.45) is 0 Å². The van der Waals surface area contributed by atoms with Crippen LogP contribution in [0.1, 0.15) is 83.1 Å². The summed E-state index contributed by atoms with van der Waals surface area (Å²) in [6, 6.07) is 0.377. The first-order valence-electron chi connectivity index (χ1n) is 11.6. The first kappa shape index (κ1) is 31.0. The second kappa shape index (κ2) is 11.4. The van der Waals surface area contributed by atoms with Crippen molar-refractivity contribution in [2.45, 2.75) is 105 Å². The van der Waals surface area contributed by atoms with E-state index in [1.807, 2.05) is 83.1 Å². The maximum absolute atomic E-state index is 5.96. The van der Waals surface area contributed by atoms with Crippen molar-refractivity contribution >= 4 is 7.69 Å². The fourth-order valence-corrected chi connectivity index (χ4v) is 2.41.